The maximum Gasteiger partial charge on any atom is 0.246 e. The molecule has 6 nitrogen and oxygen atoms in total. The van der Waals surface area contributed by atoms with Crippen LogP contribution in [0.2, 0.25) is 0 Å². The molecule has 0 radical (unpaired) electrons. The Bertz CT molecular complexity index is 816. The maximum atomic E-state index is 12.5. The second-order valence-corrected chi connectivity index (χ2v) is 5.79. The lowest BCUT2D eigenvalue weighted by Gasteiger charge is -2.18. The smallest absolute Gasteiger partial charge is 0.246 e. The molecular formula is C21H25NO5. The summed E-state index contributed by atoms with van der Waals surface area (Å²) in [6.07, 6.45) is 3.22. The summed E-state index contributed by atoms with van der Waals surface area (Å²) in [5.74, 6) is 2.46. The Morgan fingerprint density at radius 1 is 0.963 bits per heavy atom. The quantitative estimate of drug-likeness (QED) is 0.666. The van der Waals surface area contributed by atoms with Crippen LogP contribution < -0.4 is 18.9 Å². The van der Waals surface area contributed by atoms with Crippen LogP contribution in [0.3, 0.4) is 0 Å². The van der Waals surface area contributed by atoms with Gasteiger partial charge in [-0.25, -0.2) is 0 Å². The molecule has 0 N–H and O–H groups in total. The minimum Gasteiger partial charge on any atom is -0.497 e. The van der Waals surface area contributed by atoms with Crippen molar-refractivity contribution in [3.63, 3.8) is 0 Å². The van der Waals surface area contributed by atoms with E-state index in [4.69, 9.17) is 18.9 Å². The Morgan fingerprint density at radius 3 is 2.33 bits per heavy atom. The number of amides is 1. The number of hydrogen-bond donors (Lipinski definition) is 0. The number of likely N-dealkylation sites (N-methyl/N-ethyl adjacent to an activating group) is 1. The highest BCUT2D eigenvalue weighted by Gasteiger charge is 2.13. The number of hydrogen-bond acceptors (Lipinski definition) is 5. The van der Waals surface area contributed by atoms with E-state index in [2.05, 4.69) is 0 Å². The molecule has 0 saturated carbocycles. The predicted molar refractivity (Wildman–Crippen MR) is 105 cm³/mol. The van der Waals surface area contributed by atoms with Gasteiger partial charge in [0.1, 0.15) is 11.5 Å². The fourth-order valence-corrected chi connectivity index (χ4v) is 2.67. The number of nitrogens with zero attached hydrogens (tertiary/aromatic N) is 1. The summed E-state index contributed by atoms with van der Waals surface area (Å²) in [7, 11) is 8.07. The number of para-hydroxylation sites is 1. The molecule has 0 saturated heterocycles. The molecule has 0 aliphatic rings. The fraction of sp³-hybridized carbons (Fsp3) is 0.286. The van der Waals surface area contributed by atoms with Gasteiger partial charge in [-0.3, -0.25) is 4.79 Å². The third-order valence-electron chi connectivity index (χ3n) is 4.11. The van der Waals surface area contributed by atoms with E-state index >= 15 is 0 Å². The first-order valence-corrected chi connectivity index (χ1v) is 8.39. The monoisotopic (exact) mass is 371 g/mol. The molecule has 1 amide bonds. The summed E-state index contributed by atoms with van der Waals surface area (Å²) in [4.78, 5) is 14.1. The summed E-state index contributed by atoms with van der Waals surface area (Å²) < 4.78 is 21.3. The summed E-state index contributed by atoms with van der Waals surface area (Å²) in [6, 6.07) is 11.0. The van der Waals surface area contributed by atoms with Crippen molar-refractivity contribution in [2.24, 2.45) is 0 Å². The number of ether oxygens (including phenoxy) is 4. The number of methoxy groups -OCH3 is 4. The molecule has 2 aromatic carbocycles. The maximum absolute atomic E-state index is 12.5. The van der Waals surface area contributed by atoms with Crippen molar-refractivity contribution >= 4 is 12.0 Å². The zero-order valence-corrected chi connectivity index (χ0v) is 16.3. The van der Waals surface area contributed by atoms with E-state index in [0.29, 0.717) is 29.5 Å². The summed E-state index contributed by atoms with van der Waals surface area (Å²) in [5, 5.41) is 0. The van der Waals surface area contributed by atoms with Crippen molar-refractivity contribution in [1.29, 1.82) is 0 Å². The molecule has 144 valence electrons. The lowest BCUT2D eigenvalue weighted by Crippen LogP contribution is -2.24. The van der Waals surface area contributed by atoms with Crippen LogP contribution in [0.1, 0.15) is 11.1 Å². The molecule has 27 heavy (non-hydrogen) atoms. The summed E-state index contributed by atoms with van der Waals surface area (Å²) in [5.41, 5.74) is 1.62. The number of carbonyl (C=O) groups excluding carboxylic acids is 1. The van der Waals surface area contributed by atoms with Crippen LogP contribution in [0.25, 0.3) is 6.08 Å². The predicted octanol–water partition coefficient (Wildman–Crippen LogP) is 3.39. The van der Waals surface area contributed by atoms with Crippen LogP contribution >= 0.6 is 0 Å². The van der Waals surface area contributed by atoms with Crippen molar-refractivity contribution in [3.8, 4) is 23.0 Å². The van der Waals surface area contributed by atoms with E-state index in [0.717, 1.165) is 11.1 Å². The Hall–Kier alpha value is -3.15. The molecule has 0 unspecified atom stereocenters. The van der Waals surface area contributed by atoms with Gasteiger partial charge >= 0.3 is 0 Å². The molecular weight excluding hydrogens is 346 g/mol. The highest BCUT2D eigenvalue weighted by atomic mass is 16.5. The molecule has 6 heteroatoms. The van der Waals surface area contributed by atoms with Gasteiger partial charge in [-0.1, -0.05) is 12.1 Å². The molecule has 0 atom stereocenters. The van der Waals surface area contributed by atoms with E-state index in [1.54, 1.807) is 58.6 Å². The lowest BCUT2D eigenvalue weighted by molar-refractivity contribution is -0.125. The van der Waals surface area contributed by atoms with Gasteiger partial charge in [-0.05, 0) is 30.3 Å². The second kappa shape index (κ2) is 9.52. The molecule has 0 heterocycles. The Balaban J connectivity index is 2.16. The topological polar surface area (TPSA) is 57.2 Å². The first-order valence-electron chi connectivity index (χ1n) is 8.39. The van der Waals surface area contributed by atoms with Gasteiger partial charge in [0.15, 0.2) is 11.5 Å². The van der Waals surface area contributed by atoms with Crippen LogP contribution in [0.5, 0.6) is 23.0 Å². The van der Waals surface area contributed by atoms with E-state index in [-0.39, 0.29) is 5.91 Å². The zero-order chi connectivity index (χ0) is 19.8. The molecule has 0 bridgehead atoms. The molecule has 0 aliphatic heterocycles. The van der Waals surface area contributed by atoms with Crippen LogP contribution in [-0.4, -0.2) is 46.3 Å². The number of carbonyl (C=O) groups is 1. The molecule has 0 aromatic heterocycles. The van der Waals surface area contributed by atoms with E-state index in [1.165, 1.54) is 6.08 Å². The van der Waals surface area contributed by atoms with Gasteiger partial charge in [-0.2, -0.15) is 0 Å². The molecule has 0 spiro atoms. The fourth-order valence-electron chi connectivity index (χ4n) is 2.67. The van der Waals surface area contributed by atoms with E-state index < -0.39 is 0 Å². The van der Waals surface area contributed by atoms with Crippen molar-refractivity contribution in [2.75, 3.05) is 35.5 Å². The van der Waals surface area contributed by atoms with Gasteiger partial charge in [-0.15, -0.1) is 0 Å². The molecule has 2 aromatic rings. The van der Waals surface area contributed by atoms with Crippen LogP contribution in [0, 0.1) is 0 Å². The van der Waals surface area contributed by atoms with Crippen molar-refractivity contribution in [2.45, 2.75) is 6.54 Å². The first kappa shape index (κ1) is 20.2. The van der Waals surface area contributed by atoms with Crippen molar-refractivity contribution < 1.29 is 23.7 Å². The Kier molecular flexibility index (Phi) is 7.11. The number of rotatable bonds is 8. The van der Waals surface area contributed by atoms with Crippen molar-refractivity contribution in [3.05, 3.63) is 53.6 Å². The largest absolute Gasteiger partial charge is 0.497 e. The molecule has 0 fully saturated rings. The average Bonchev–Trinajstić information content (AvgIpc) is 2.71. The normalized spacial score (nSPS) is 10.6. The van der Waals surface area contributed by atoms with Gasteiger partial charge in [0.25, 0.3) is 0 Å². The van der Waals surface area contributed by atoms with E-state index in [1.807, 2.05) is 24.3 Å². The van der Waals surface area contributed by atoms with Crippen LogP contribution in [0.4, 0.5) is 0 Å². The highest BCUT2D eigenvalue weighted by molar-refractivity contribution is 5.92. The van der Waals surface area contributed by atoms with Gasteiger partial charge in [0, 0.05) is 30.8 Å². The first-order chi connectivity index (χ1) is 13.0. The Morgan fingerprint density at radius 2 is 1.70 bits per heavy atom. The minimum atomic E-state index is -0.148. The standard InChI is InChI=1S/C21H25NO5/c1-22(14-16-7-6-8-19(26-4)21(16)27-5)20(23)12-9-15-13-17(24-2)10-11-18(15)25-3/h6-13H,14H2,1-5H3/b12-9+. The SMILES string of the molecule is COc1ccc(OC)c(/C=C/C(=O)N(C)Cc2cccc(OC)c2OC)c1. The molecule has 0 aliphatic carbocycles. The summed E-state index contributed by atoms with van der Waals surface area (Å²) in [6.45, 7) is 0.388. The average molecular weight is 371 g/mol. The van der Waals surface area contributed by atoms with Crippen molar-refractivity contribution in [1.82, 2.24) is 4.90 Å². The minimum absolute atomic E-state index is 0.148. The third kappa shape index (κ3) is 4.94. The van der Waals surface area contributed by atoms with E-state index in [9.17, 15) is 4.79 Å². The highest BCUT2D eigenvalue weighted by Crippen LogP contribution is 2.31. The summed E-state index contributed by atoms with van der Waals surface area (Å²) >= 11 is 0. The van der Waals surface area contributed by atoms with Crippen LogP contribution in [-0.2, 0) is 11.3 Å². The van der Waals surface area contributed by atoms with Gasteiger partial charge in [0.05, 0.1) is 28.4 Å². The third-order valence-corrected chi connectivity index (χ3v) is 4.11. The second-order valence-electron chi connectivity index (χ2n) is 5.79. The lowest BCUT2D eigenvalue weighted by atomic mass is 10.1. The van der Waals surface area contributed by atoms with Crippen LogP contribution in [0.15, 0.2) is 42.5 Å². The van der Waals surface area contributed by atoms with Gasteiger partial charge in [0.2, 0.25) is 5.91 Å². The zero-order valence-electron chi connectivity index (χ0n) is 16.3. The Labute approximate surface area is 159 Å². The van der Waals surface area contributed by atoms with Gasteiger partial charge < -0.3 is 23.8 Å². The molecule has 2 rings (SSSR count). The number of benzene rings is 2.